The predicted molar refractivity (Wildman–Crippen MR) is 94.9 cm³/mol. The number of anilines is 2. The first-order valence-corrected chi connectivity index (χ1v) is 7.94. The van der Waals surface area contributed by atoms with E-state index in [4.69, 9.17) is 9.47 Å². The van der Waals surface area contributed by atoms with Crippen LogP contribution in [-0.4, -0.2) is 26.8 Å². The summed E-state index contributed by atoms with van der Waals surface area (Å²) in [5.74, 6) is 1.51. The Morgan fingerprint density at radius 1 is 1.13 bits per heavy atom. The summed E-state index contributed by atoms with van der Waals surface area (Å²) in [6.45, 7) is 6.16. The van der Waals surface area contributed by atoms with Crippen LogP contribution in [0.25, 0.3) is 0 Å². The van der Waals surface area contributed by atoms with Gasteiger partial charge in [-0.15, -0.1) is 0 Å². The molecule has 122 valence electrons. The zero-order valence-corrected chi connectivity index (χ0v) is 14.2. The second-order valence-corrected chi connectivity index (χ2v) is 6.07. The van der Waals surface area contributed by atoms with E-state index in [2.05, 4.69) is 54.4 Å². The molecule has 0 radical (unpaired) electrons. The maximum absolute atomic E-state index is 5.48. The van der Waals surface area contributed by atoms with E-state index < -0.39 is 0 Å². The summed E-state index contributed by atoms with van der Waals surface area (Å²) in [7, 11) is 3.34. The van der Waals surface area contributed by atoms with Gasteiger partial charge < -0.3 is 19.7 Å². The molecule has 0 aromatic heterocycles. The molecule has 0 fully saturated rings. The molecule has 2 aromatic rings. The molecule has 0 bridgehead atoms. The number of fused-ring (bicyclic) bond motifs is 1. The minimum absolute atomic E-state index is 0.404. The van der Waals surface area contributed by atoms with Crippen molar-refractivity contribution in [3.8, 4) is 11.5 Å². The standard InChI is InChI=1S/C19H24N2O2/c1-13-6-5-7-15(8-13)12-21-14(2)11-20-16-9-18(22-3)19(23-4)10-17(16)21/h5-10,14,20H,11-12H2,1-4H3. The molecule has 2 aromatic carbocycles. The van der Waals surface area contributed by atoms with Gasteiger partial charge in [-0.05, 0) is 19.4 Å². The summed E-state index contributed by atoms with van der Waals surface area (Å²) in [6.07, 6.45) is 0. The Morgan fingerprint density at radius 2 is 1.87 bits per heavy atom. The minimum Gasteiger partial charge on any atom is -0.493 e. The largest absolute Gasteiger partial charge is 0.493 e. The van der Waals surface area contributed by atoms with Crippen molar-refractivity contribution >= 4 is 11.4 Å². The molecule has 0 amide bonds. The van der Waals surface area contributed by atoms with Crippen LogP contribution in [0, 0.1) is 6.92 Å². The molecule has 23 heavy (non-hydrogen) atoms. The molecule has 0 spiro atoms. The van der Waals surface area contributed by atoms with Gasteiger partial charge in [0.2, 0.25) is 0 Å². The van der Waals surface area contributed by atoms with E-state index in [9.17, 15) is 0 Å². The van der Waals surface area contributed by atoms with E-state index in [-0.39, 0.29) is 0 Å². The first-order chi connectivity index (χ1) is 11.1. The van der Waals surface area contributed by atoms with Crippen LogP contribution in [0.2, 0.25) is 0 Å². The third-order valence-corrected chi connectivity index (χ3v) is 4.37. The van der Waals surface area contributed by atoms with E-state index in [0.29, 0.717) is 6.04 Å². The van der Waals surface area contributed by atoms with Crippen molar-refractivity contribution < 1.29 is 9.47 Å². The van der Waals surface area contributed by atoms with Crippen molar-refractivity contribution in [2.45, 2.75) is 26.4 Å². The van der Waals surface area contributed by atoms with E-state index in [1.807, 2.05) is 6.07 Å². The van der Waals surface area contributed by atoms with Crippen molar-refractivity contribution in [2.24, 2.45) is 0 Å². The van der Waals surface area contributed by atoms with Crippen LogP contribution in [0.3, 0.4) is 0 Å². The molecule has 1 heterocycles. The fraction of sp³-hybridized carbons (Fsp3) is 0.368. The lowest BCUT2D eigenvalue weighted by Crippen LogP contribution is -2.41. The van der Waals surface area contributed by atoms with Crippen molar-refractivity contribution in [2.75, 3.05) is 31.0 Å². The molecular formula is C19H24N2O2. The van der Waals surface area contributed by atoms with Crippen LogP contribution in [0.4, 0.5) is 11.4 Å². The summed E-state index contributed by atoms with van der Waals surface area (Å²) < 4.78 is 10.9. The summed E-state index contributed by atoms with van der Waals surface area (Å²) in [4.78, 5) is 2.42. The molecule has 0 saturated heterocycles. The van der Waals surface area contributed by atoms with Crippen LogP contribution < -0.4 is 19.7 Å². The van der Waals surface area contributed by atoms with Crippen molar-refractivity contribution in [1.82, 2.24) is 0 Å². The quantitative estimate of drug-likeness (QED) is 0.930. The highest BCUT2D eigenvalue weighted by Crippen LogP contribution is 2.41. The zero-order valence-electron chi connectivity index (χ0n) is 14.2. The van der Waals surface area contributed by atoms with Gasteiger partial charge in [0.1, 0.15) is 0 Å². The average molecular weight is 312 g/mol. The average Bonchev–Trinajstić information content (AvgIpc) is 2.56. The monoisotopic (exact) mass is 312 g/mol. The molecule has 0 aliphatic carbocycles. The second kappa shape index (κ2) is 6.41. The van der Waals surface area contributed by atoms with Gasteiger partial charge in [0.05, 0.1) is 25.6 Å². The van der Waals surface area contributed by atoms with Gasteiger partial charge in [-0.25, -0.2) is 0 Å². The molecule has 4 heteroatoms. The number of ether oxygens (including phenoxy) is 2. The Balaban J connectivity index is 1.98. The number of rotatable bonds is 4. The molecular weight excluding hydrogens is 288 g/mol. The Labute approximate surface area is 138 Å². The lowest BCUT2D eigenvalue weighted by Gasteiger charge is -2.38. The van der Waals surface area contributed by atoms with Crippen LogP contribution in [0.5, 0.6) is 11.5 Å². The van der Waals surface area contributed by atoms with Gasteiger partial charge in [0, 0.05) is 31.3 Å². The number of aryl methyl sites for hydroxylation is 1. The second-order valence-electron chi connectivity index (χ2n) is 6.07. The van der Waals surface area contributed by atoms with Crippen LogP contribution in [0.15, 0.2) is 36.4 Å². The Hall–Kier alpha value is -2.36. The van der Waals surface area contributed by atoms with Gasteiger partial charge >= 0.3 is 0 Å². The van der Waals surface area contributed by atoms with E-state index in [1.54, 1.807) is 14.2 Å². The maximum Gasteiger partial charge on any atom is 0.162 e. The number of hydrogen-bond acceptors (Lipinski definition) is 4. The van der Waals surface area contributed by atoms with E-state index in [0.717, 1.165) is 36.0 Å². The van der Waals surface area contributed by atoms with Crippen LogP contribution >= 0.6 is 0 Å². The highest BCUT2D eigenvalue weighted by atomic mass is 16.5. The van der Waals surface area contributed by atoms with E-state index in [1.165, 1.54) is 11.1 Å². The third kappa shape index (κ3) is 3.07. The number of hydrogen-bond donors (Lipinski definition) is 1. The van der Waals surface area contributed by atoms with Gasteiger partial charge in [-0.1, -0.05) is 29.8 Å². The fourth-order valence-corrected chi connectivity index (χ4v) is 3.10. The van der Waals surface area contributed by atoms with Crippen LogP contribution in [-0.2, 0) is 6.54 Å². The first-order valence-electron chi connectivity index (χ1n) is 7.94. The first kappa shape index (κ1) is 15.5. The van der Waals surface area contributed by atoms with Gasteiger partial charge in [0.15, 0.2) is 11.5 Å². The highest BCUT2D eigenvalue weighted by molar-refractivity contribution is 5.77. The van der Waals surface area contributed by atoms with Crippen molar-refractivity contribution in [3.05, 3.63) is 47.5 Å². The summed E-state index contributed by atoms with van der Waals surface area (Å²) >= 11 is 0. The molecule has 4 nitrogen and oxygen atoms in total. The summed E-state index contributed by atoms with van der Waals surface area (Å²) in [5, 5.41) is 3.49. The zero-order chi connectivity index (χ0) is 16.4. The third-order valence-electron chi connectivity index (χ3n) is 4.37. The smallest absolute Gasteiger partial charge is 0.162 e. The molecule has 1 N–H and O–H groups in total. The Bertz CT molecular complexity index is 700. The Morgan fingerprint density at radius 3 is 2.57 bits per heavy atom. The highest BCUT2D eigenvalue weighted by Gasteiger charge is 2.25. The lowest BCUT2D eigenvalue weighted by molar-refractivity contribution is 0.355. The van der Waals surface area contributed by atoms with Gasteiger partial charge in [-0.2, -0.15) is 0 Å². The molecule has 1 aliphatic rings. The fourth-order valence-electron chi connectivity index (χ4n) is 3.10. The maximum atomic E-state index is 5.48. The number of benzene rings is 2. The number of methoxy groups -OCH3 is 2. The SMILES string of the molecule is COc1cc2c(cc1OC)N(Cc1cccc(C)c1)C(C)CN2. The van der Waals surface area contributed by atoms with Crippen LogP contribution in [0.1, 0.15) is 18.1 Å². The summed E-state index contributed by atoms with van der Waals surface area (Å²) in [6, 6.07) is 13.2. The topological polar surface area (TPSA) is 33.7 Å². The van der Waals surface area contributed by atoms with Crippen molar-refractivity contribution in [3.63, 3.8) is 0 Å². The predicted octanol–water partition coefficient (Wildman–Crippen LogP) is 3.83. The molecule has 1 atom stereocenters. The number of nitrogens with one attached hydrogen (secondary N) is 1. The molecule has 3 rings (SSSR count). The molecule has 1 aliphatic heterocycles. The van der Waals surface area contributed by atoms with Gasteiger partial charge in [0.25, 0.3) is 0 Å². The van der Waals surface area contributed by atoms with E-state index >= 15 is 0 Å². The minimum atomic E-state index is 0.404. The van der Waals surface area contributed by atoms with Crippen molar-refractivity contribution in [1.29, 1.82) is 0 Å². The Kier molecular flexibility index (Phi) is 4.33. The normalized spacial score (nSPS) is 16.5. The summed E-state index contributed by atoms with van der Waals surface area (Å²) in [5.41, 5.74) is 4.86. The molecule has 1 unspecified atom stereocenters. The molecule has 0 saturated carbocycles. The number of nitrogens with zero attached hydrogens (tertiary/aromatic N) is 1. The van der Waals surface area contributed by atoms with Gasteiger partial charge in [-0.3, -0.25) is 0 Å². The lowest BCUT2D eigenvalue weighted by atomic mass is 10.1.